The highest BCUT2D eigenvalue weighted by Gasteiger charge is 2.37. The van der Waals surface area contributed by atoms with Crippen LogP contribution in [0.15, 0.2) is 59.8 Å². The predicted molar refractivity (Wildman–Crippen MR) is 101 cm³/mol. The van der Waals surface area contributed by atoms with Crippen molar-refractivity contribution in [3.8, 4) is 6.07 Å². The third kappa shape index (κ3) is 3.58. The molecule has 142 valence electrons. The Labute approximate surface area is 161 Å². The summed E-state index contributed by atoms with van der Waals surface area (Å²) in [5.74, 6) is -0.981. The maximum atomic E-state index is 13.3. The van der Waals surface area contributed by atoms with Crippen LogP contribution in [0, 0.1) is 17.1 Å². The van der Waals surface area contributed by atoms with Crippen molar-refractivity contribution >= 4 is 17.7 Å². The van der Waals surface area contributed by atoms with Gasteiger partial charge in [0.1, 0.15) is 5.82 Å². The average Bonchev–Trinajstić information content (AvgIpc) is 2.69. The van der Waals surface area contributed by atoms with Gasteiger partial charge in [0.05, 0.1) is 35.5 Å². The average molecular weight is 379 g/mol. The van der Waals surface area contributed by atoms with Gasteiger partial charge in [0.2, 0.25) is 0 Å². The molecule has 0 aromatic heterocycles. The number of urea groups is 1. The number of ether oxygens (including phenoxy) is 1. The summed E-state index contributed by atoms with van der Waals surface area (Å²) in [7, 11) is 0. The number of anilines is 1. The monoisotopic (exact) mass is 379 g/mol. The number of carbonyl (C=O) groups excluding carboxylic acids is 2. The van der Waals surface area contributed by atoms with Crippen LogP contribution >= 0.6 is 0 Å². The molecule has 1 heterocycles. The molecule has 0 bridgehead atoms. The molecular formula is C21H18FN3O3. The summed E-state index contributed by atoms with van der Waals surface area (Å²) in [5, 5.41) is 11.8. The fourth-order valence-corrected chi connectivity index (χ4v) is 3.12. The highest BCUT2D eigenvalue weighted by molar-refractivity contribution is 6.03. The molecule has 0 fully saturated rings. The second-order valence-corrected chi connectivity index (χ2v) is 6.15. The lowest BCUT2D eigenvalue weighted by molar-refractivity contribution is -0.139. The normalized spacial score (nSPS) is 16.4. The van der Waals surface area contributed by atoms with Crippen LogP contribution in [-0.4, -0.2) is 18.6 Å². The summed E-state index contributed by atoms with van der Waals surface area (Å²) in [6, 6.07) is 12.9. The molecule has 1 aliphatic heterocycles. The highest BCUT2D eigenvalue weighted by atomic mass is 19.1. The number of amides is 2. The quantitative estimate of drug-likeness (QED) is 0.819. The first-order chi connectivity index (χ1) is 13.5. The van der Waals surface area contributed by atoms with Crippen LogP contribution in [0.25, 0.3) is 0 Å². The molecule has 1 aliphatic rings. The van der Waals surface area contributed by atoms with Gasteiger partial charge in [-0.2, -0.15) is 5.26 Å². The van der Waals surface area contributed by atoms with E-state index in [0.29, 0.717) is 22.5 Å². The number of nitrogens with zero attached hydrogens (tertiary/aromatic N) is 2. The van der Waals surface area contributed by atoms with Gasteiger partial charge < -0.3 is 10.1 Å². The SMILES string of the molecule is CCOC(=O)C1=C(C)N(c2ccc(F)cc2)C(=O)NC1c1ccc(C#N)cc1. The molecule has 3 rings (SSSR count). The number of halogens is 1. The van der Waals surface area contributed by atoms with Gasteiger partial charge in [0.25, 0.3) is 0 Å². The largest absolute Gasteiger partial charge is 0.463 e. The first-order valence-corrected chi connectivity index (χ1v) is 8.70. The van der Waals surface area contributed by atoms with E-state index in [2.05, 4.69) is 5.32 Å². The number of hydrogen-bond donors (Lipinski definition) is 1. The molecule has 28 heavy (non-hydrogen) atoms. The van der Waals surface area contributed by atoms with Crippen molar-refractivity contribution < 1.29 is 18.7 Å². The Balaban J connectivity index is 2.10. The molecule has 2 aromatic carbocycles. The van der Waals surface area contributed by atoms with Crippen molar-refractivity contribution in [3.05, 3.63) is 76.7 Å². The molecule has 0 aliphatic carbocycles. The van der Waals surface area contributed by atoms with Crippen LogP contribution in [0.2, 0.25) is 0 Å². The van der Waals surface area contributed by atoms with Crippen LogP contribution in [0.4, 0.5) is 14.9 Å². The van der Waals surface area contributed by atoms with Gasteiger partial charge in [0, 0.05) is 5.70 Å². The maximum Gasteiger partial charge on any atom is 0.338 e. The van der Waals surface area contributed by atoms with Gasteiger partial charge in [-0.25, -0.2) is 14.0 Å². The van der Waals surface area contributed by atoms with Crippen molar-refractivity contribution in [1.29, 1.82) is 5.26 Å². The smallest absolute Gasteiger partial charge is 0.338 e. The van der Waals surface area contributed by atoms with Gasteiger partial charge >= 0.3 is 12.0 Å². The fourth-order valence-electron chi connectivity index (χ4n) is 3.12. The number of nitrogens with one attached hydrogen (secondary N) is 1. The van der Waals surface area contributed by atoms with E-state index in [1.165, 1.54) is 29.2 Å². The fraction of sp³-hybridized carbons (Fsp3) is 0.190. The zero-order chi connectivity index (χ0) is 20.3. The Bertz CT molecular complexity index is 975. The molecule has 1 atom stereocenters. The van der Waals surface area contributed by atoms with Gasteiger partial charge in [-0.05, 0) is 55.8 Å². The second kappa shape index (κ2) is 7.92. The van der Waals surface area contributed by atoms with Gasteiger partial charge in [-0.1, -0.05) is 12.1 Å². The zero-order valence-corrected chi connectivity index (χ0v) is 15.4. The van der Waals surface area contributed by atoms with Gasteiger partial charge in [0.15, 0.2) is 0 Å². The Morgan fingerprint density at radius 3 is 2.43 bits per heavy atom. The van der Waals surface area contributed by atoms with E-state index >= 15 is 0 Å². The number of benzene rings is 2. The van der Waals surface area contributed by atoms with E-state index in [0.717, 1.165) is 0 Å². The molecule has 1 N–H and O–H groups in total. The molecule has 2 aromatic rings. The van der Waals surface area contributed by atoms with Gasteiger partial charge in [-0.15, -0.1) is 0 Å². The van der Waals surface area contributed by atoms with Crippen molar-refractivity contribution in [2.24, 2.45) is 0 Å². The molecular weight excluding hydrogens is 361 g/mol. The molecule has 0 saturated heterocycles. The minimum atomic E-state index is -0.726. The van der Waals surface area contributed by atoms with E-state index in [1.54, 1.807) is 38.1 Å². The van der Waals surface area contributed by atoms with E-state index in [9.17, 15) is 14.0 Å². The van der Waals surface area contributed by atoms with E-state index < -0.39 is 23.9 Å². The zero-order valence-electron chi connectivity index (χ0n) is 15.4. The molecule has 1 unspecified atom stereocenters. The van der Waals surface area contributed by atoms with Crippen LogP contribution < -0.4 is 10.2 Å². The summed E-state index contributed by atoms with van der Waals surface area (Å²) < 4.78 is 18.5. The van der Waals surface area contributed by atoms with Crippen LogP contribution in [0.3, 0.4) is 0 Å². The third-order valence-corrected chi connectivity index (χ3v) is 4.44. The Morgan fingerprint density at radius 1 is 1.21 bits per heavy atom. The summed E-state index contributed by atoms with van der Waals surface area (Å²) in [5.41, 5.74) is 2.21. The third-order valence-electron chi connectivity index (χ3n) is 4.44. The Kier molecular flexibility index (Phi) is 5.41. The first kappa shape index (κ1) is 19.1. The molecule has 7 heteroatoms. The van der Waals surface area contributed by atoms with Gasteiger partial charge in [-0.3, -0.25) is 4.90 Å². The van der Waals surface area contributed by atoms with Crippen molar-refractivity contribution in [2.75, 3.05) is 11.5 Å². The topological polar surface area (TPSA) is 82.4 Å². The van der Waals surface area contributed by atoms with E-state index in [1.807, 2.05) is 6.07 Å². The van der Waals surface area contributed by atoms with Crippen LogP contribution in [0.1, 0.15) is 31.0 Å². The minimum absolute atomic E-state index is 0.181. The van der Waals surface area contributed by atoms with Crippen molar-refractivity contribution in [1.82, 2.24) is 5.32 Å². The lowest BCUT2D eigenvalue weighted by Gasteiger charge is -2.35. The summed E-state index contributed by atoms with van der Waals surface area (Å²) >= 11 is 0. The van der Waals surface area contributed by atoms with Crippen LogP contribution in [-0.2, 0) is 9.53 Å². The number of hydrogen-bond acceptors (Lipinski definition) is 4. The Hall–Kier alpha value is -3.66. The second-order valence-electron chi connectivity index (χ2n) is 6.15. The van der Waals surface area contributed by atoms with E-state index in [-0.39, 0.29) is 12.2 Å². The van der Waals surface area contributed by atoms with Crippen molar-refractivity contribution in [2.45, 2.75) is 19.9 Å². The maximum absolute atomic E-state index is 13.3. The lowest BCUT2D eigenvalue weighted by atomic mass is 9.94. The molecule has 0 spiro atoms. The summed E-state index contributed by atoms with van der Waals surface area (Å²) in [4.78, 5) is 26.8. The number of esters is 1. The van der Waals surface area contributed by atoms with E-state index in [4.69, 9.17) is 10.00 Å². The minimum Gasteiger partial charge on any atom is -0.463 e. The number of nitriles is 1. The standard InChI is InChI=1S/C21H18FN3O3/c1-3-28-20(26)18-13(2)25(17-10-8-16(22)9-11-17)21(27)24-19(18)15-6-4-14(12-23)5-7-15/h4-11,19H,3H2,1-2H3,(H,24,27). The molecule has 2 amide bonds. The number of carbonyl (C=O) groups is 2. The Morgan fingerprint density at radius 2 is 1.86 bits per heavy atom. The molecule has 0 radical (unpaired) electrons. The first-order valence-electron chi connectivity index (χ1n) is 8.70. The highest BCUT2D eigenvalue weighted by Crippen LogP contribution is 2.34. The lowest BCUT2D eigenvalue weighted by Crippen LogP contribution is -2.48. The predicted octanol–water partition coefficient (Wildman–Crippen LogP) is 3.81. The number of rotatable bonds is 4. The summed E-state index contributed by atoms with van der Waals surface area (Å²) in [6.45, 7) is 3.52. The molecule has 6 nitrogen and oxygen atoms in total. The molecule has 0 saturated carbocycles. The summed E-state index contributed by atoms with van der Waals surface area (Å²) in [6.07, 6.45) is 0. The number of allylic oxidation sites excluding steroid dienone is 1. The van der Waals surface area contributed by atoms with Crippen LogP contribution in [0.5, 0.6) is 0 Å². The van der Waals surface area contributed by atoms with Crippen molar-refractivity contribution in [3.63, 3.8) is 0 Å².